The van der Waals surface area contributed by atoms with Crippen molar-refractivity contribution in [1.82, 2.24) is 4.90 Å². The topological polar surface area (TPSA) is 162 Å². The number of nitrogens with zero attached hydrogens (tertiary/aromatic N) is 3. The van der Waals surface area contributed by atoms with E-state index in [9.17, 15) is 24.7 Å². The summed E-state index contributed by atoms with van der Waals surface area (Å²) < 4.78 is 41.7. The number of nitro benzene ring substituents is 1. The lowest BCUT2D eigenvalue weighted by molar-refractivity contribution is -0.384. The highest BCUT2D eigenvalue weighted by Crippen LogP contribution is 2.62. The molecule has 1 amide bonds. The first-order valence-electron chi connectivity index (χ1n) is 23.7. The summed E-state index contributed by atoms with van der Waals surface area (Å²) in [6.45, 7) is 9.76. The lowest BCUT2D eigenvalue weighted by Crippen LogP contribution is -2.70. The molecule has 0 spiro atoms. The monoisotopic (exact) mass is 941 g/mol. The van der Waals surface area contributed by atoms with E-state index in [1.54, 1.807) is 18.2 Å². The van der Waals surface area contributed by atoms with Crippen molar-refractivity contribution >= 4 is 28.3 Å². The number of aliphatic hydroxyl groups excluding tert-OH is 2. The third kappa shape index (κ3) is 11.0. The average Bonchev–Trinajstić information content (AvgIpc) is 3.33. The lowest BCUT2D eigenvalue weighted by atomic mass is 9.55. The lowest BCUT2D eigenvalue weighted by Gasteiger charge is -2.60. The van der Waals surface area contributed by atoms with E-state index in [0.29, 0.717) is 41.4 Å². The second-order valence-corrected chi connectivity index (χ2v) is 19.0. The first kappa shape index (κ1) is 48.8. The van der Waals surface area contributed by atoms with Gasteiger partial charge in [-0.15, -0.1) is 6.58 Å². The van der Waals surface area contributed by atoms with Gasteiger partial charge in [0.2, 0.25) is 5.79 Å². The number of allylic oxidation sites excluding steroid dienone is 1. The Kier molecular flexibility index (Phi) is 15.1. The number of amides is 1. The number of oxime groups is 1. The highest BCUT2D eigenvalue weighted by molar-refractivity contribution is 6.03. The zero-order valence-corrected chi connectivity index (χ0v) is 39.3. The number of benzene rings is 5. The van der Waals surface area contributed by atoms with Gasteiger partial charge < -0.3 is 34.0 Å². The van der Waals surface area contributed by atoms with E-state index in [1.165, 1.54) is 41.3 Å². The standard InChI is InChI=1S/C55H60FN3O10/c1-5-30-65-55-50(58(35-36-16-19-40(56)20-17-36)53(62)67-42-24-21-41(22-25-42)59(63)64)34-48(57-69-54(2,3)4)46-32-39(14-8-10-28-60)45(15-9-11-29-61)51(52(46)55)47-33-44(26-27-49(47)68-55)66-43-23-18-37-12-6-7-13-38(37)31-43/h5-7,12-13,16-27,31-33,39,45,50-52,60-61H,1,8-11,14-15,28-30,34-35H2,2-4H3. The van der Waals surface area contributed by atoms with Crippen LogP contribution >= 0.6 is 0 Å². The summed E-state index contributed by atoms with van der Waals surface area (Å²) in [6.07, 6.45) is 7.33. The number of aliphatic hydroxyl groups is 2. The molecule has 0 saturated heterocycles. The Morgan fingerprint density at radius 3 is 2.29 bits per heavy atom. The molecule has 1 saturated carbocycles. The van der Waals surface area contributed by atoms with Crippen molar-refractivity contribution in [3.05, 3.63) is 161 Å². The molecule has 8 rings (SSSR count). The minimum absolute atomic E-state index is 0.0154. The molecule has 69 heavy (non-hydrogen) atoms. The van der Waals surface area contributed by atoms with Gasteiger partial charge in [-0.1, -0.05) is 72.6 Å². The van der Waals surface area contributed by atoms with Crippen molar-refractivity contribution in [1.29, 1.82) is 0 Å². The fourth-order valence-electron chi connectivity index (χ4n) is 10.2. The number of halogens is 1. The van der Waals surface area contributed by atoms with Gasteiger partial charge in [0.1, 0.15) is 40.5 Å². The van der Waals surface area contributed by atoms with Crippen LogP contribution in [0.15, 0.2) is 139 Å². The molecular weight excluding hydrogens is 882 g/mol. The molecule has 5 aromatic carbocycles. The van der Waals surface area contributed by atoms with Gasteiger partial charge in [0, 0.05) is 49.8 Å². The Hall–Kier alpha value is -6.61. The predicted octanol–water partition coefficient (Wildman–Crippen LogP) is 11.8. The van der Waals surface area contributed by atoms with E-state index in [2.05, 4.69) is 18.7 Å². The van der Waals surface area contributed by atoms with E-state index in [-0.39, 0.29) is 62.0 Å². The summed E-state index contributed by atoms with van der Waals surface area (Å²) in [5.74, 6) is -1.31. The van der Waals surface area contributed by atoms with Crippen molar-refractivity contribution in [2.45, 2.75) is 95.6 Å². The molecule has 2 N–H and O–H groups in total. The minimum Gasteiger partial charge on any atom is -0.459 e. The maximum Gasteiger partial charge on any atom is 0.416 e. The number of rotatable bonds is 19. The quantitative estimate of drug-likeness (QED) is 0.0353. The molecule has 6 atom stereocenters. The summed E-state index contributed by atoms with van der Waals surface area (Å²) in [5, 5.41) is 38.6. The molecule has 2 aliphatic carbocycles. The predicted molar refractivity (Wildman–Crippen MR) is 261 cm³/mol. The molecule has 0 aromatic heterocycles. The van der Waals surface area contributed by atoms with Crippen LogP contribution in [0.5, 0.6) is 23.0 Å². The number of ether oxygens (including phenoxy) is 4. The van der Waals surface area contributed by atoms with Gasteiger partial charge in [-0.25, -0.2) is 9.18 Å². The van der Waals surface area contributed by atoms with Crippen molar-refractivity contribution in [3.63, 3.8) is 0 Å². The van der Waals surface area contributed by atoms with Crippen LogP contribution in [0, 0.1) is 33.7 Å². The van der Waals surface area contributed by atoms with Crippen LogP contribution < -0.4 is 14.2 Å². The zero-order valence-electron chi connectivity index (χ0n) is 39.3. The van der Waals surface area contributed by atoms with Crippen LogP contribution in [-0.2, 0) is 16.1 Å². The maximum atomic E-state index is 15.1. The Morgan fingerprint density at radius 2 is 1.59 bits per heavy atom. The van der Waals surface area contributed by atoms with Crippen LogP contribution in [0.4, 0.5) is 14.9 Å². The Labute approximate surface area is 401 Å². The SMILES string of the molecule is C=CCOC12Oc3ccc(Oc4ccc5ccccc5c4)cc3C3C(CCCCO)C(CCCCO)C=C(C(=NOC(C)(C)C)CC1N(Cc1ccc(F)cc1)C(=O)Oc1ccc([N+](=O)[O-])cc1)C32. The van der Waals surface area contributed by atoms with Crippen molar-refractivity contribution in [2.24, 2.45) is 22.9 Å². The molecule has 362 valence electrons. The zero-order chi connectivity index (χ0) is 48.7. The number of unbranched alkanes of at least 4 members (excludes halogenated alkanes) is 2. The van der Waals surface area contributed by atoms with Gasteiger partial charge in [-0.05, 0) is 135 Å². The van der Waals surface area contributed by atoms with Crippen molar-refractivity contribution in [3.8, 4) is 23.0 Å². The second-order valence-electron chi connectivity index (χ2n) is 19.0. The van der Waals surface area contributed by atoms with Crippen LogP contribution in [-0.4, -0.2) is 69.1 Å². The molecule has 6 unspecified atom stereocenters. The molecule has 1 fully saturated rings. The van der Waals surface area contributed by atoms with E-state index in [0.717, 1.165) is 47.6 Å². The molecule has 1 heterocycles. The highest BCUT2D eigenvalue weighted by Gasteiger charge is 2.66. The molecular formula is C55H60FN3O10. The number of hydrogen-bond donors (Lipinski definition) is 2. The van der Waals surface area contributed by atoms with Crippen LogP contribution in [0.3, 0.4) is 0 Å². The van der Waals surface area contributed by atoms with Gasteiger partial charge in [0.25, 0.3) is 5.69 Å². The molecule has 0 bridgehead atoms. The largest absolute Gasteiger partial charge is 0.459 e. The number of fused-ring (bicyclic) bond motifs is 3. The van der Waals surface area contributed by atoms with Gasteiger partial charge in [-0.3, -0.25) is 15.0 Å². The molecule has 14 heteroatoms. The molecule has 13 nitrogen and oxygen atoms in total. The smallest absolute Gasteiger partial charge is 0.416 e. The fraction of sp³-hybridized carbons (Fsp3) is 0.382. The van der Waals surface area contributed by atoms with Crippen LogP contribution in [0.1, 0.15) is 82.8 Å². The number of carbonyl (C=O) groups excluding carboxylic acids is 1. The van der Waals surface area contributed by atoms with Crippen molar-refractivity contribution < 1.29 is 48.1 Å². The number of hydrogen-bond acceptors (Lipinski definition) is 11. The molecule has 5 aromatic rings. The minimum atomic E-state index is -1.64. The fourth-order valence-corrected chi connectivity index (χ4v) is 10.2. The average molecular weight is 942 g/mol. The summed E-state index contributed by atoms with van der Waals surface area (Å²) in [6, 6.07) is 29.9. The van der Waals surface area contributed by atoms with E-state index in [4.69, 9.17) is 28.9 Å². The summed E-state index contributed by atoms with van der Waals surface area (Å²) in [4.78, 5) is 33.8. The molecule has 0 radical (unpaired) electrons. The summed E-state index contributed by atoms with van der Waals surface area (Å²) in [7, 11) is 0. The van der Waals surface area contributed by atoms with Gasteiger partial charge in [0.05, 0.1) is 23.2 Å². The first-order valence-corrected chi connectivity index (χ1v) is 23.7. The van der Waals surface area contributed by atoms with E-state index in [1.807, 2.05) is 75.4 Å². The van der Waals surface area contributed by atoms with Gasteiger partial charge >= 0.3 is 6.09 Å². The second kappa shape index (κ2) is 21.4. The molecule has 1 aliphatic heterocycles. The first-order chi connectivity index (χ1) is 33.3. The Balaban J connectivity index is 1.34. The Bertz CT molecular complexity index is 2680. The highest BCUT2D eigenvalue weighted by atomic mass is 19.1. The summed E-state index contributed by atoms with van der Waals surface area (Å²) in [5.41, 5.74) is 2.00. The van der Waals surface area contributed by atoms with Crippen LogP contribution in [0.2, 0.25) is 0 Å². The van der Waals surface area contributed by atoms with Gasteiger partial charge in [0.15, 0.2) is 0 Å². The molecule has 3 aliphatic rings. The van der Waals surface area contributed by atoms with E-state index < -0.39 is 40.2 Å². The number of carbonyl (C=O) groups is 1. The van der Waals surface area contributed by atoms with Crippen molar-refractivity contribution in [2.75, 3.05) is 19.8 Å². The van der Waals surface area contributed by atoms with Crippen LogP contribution in [0.25, 0.3) is 10.8 Å². The third-order valence-corrected chi connectivity index (χ3v) is 13.2. The Morgan fingerprint density at radius 1 is 0.913 bits per heavy atom. The number of non-ortho nitro benzene ring substituents is 1. The summed E-state index contributed by atoms with van der Waals surface area (Å²) >= 11 is 0. The third-order valence-electron chi connectivity index (χ3n) is 13.2. The van der Waals surface area contributed by atoms with Gasteiger partial charge in [-0.2, -0.15) is 0 Å². The maximum absolute atomic E-state index is 15.1. The number of nitro groups is 1. The normalized spacial score (nSPS) is 22.1. The van der Waals surface area contributed by atoms with E-state index >= 15 is 4.79 Å².